The number of esters is 1. The van der Waals surface area contributed by atoms with Crippen molar-refractivity contribution < 1.29 is 19.1 Å². The normalized spacial score (nSPS) is 11.6. The number of carbonyl (C=O) groups is 2. The zero-order valence-corrected chi connectivity index (χ0v) is 12.6. The molecule has 0 bridgehead atoms. The van der Waals surface area contributed by atoms with Crippen LogP contribution in [-0.2, 0) is 9.53 Å². The molecule has 6 heteroatoms. The van der Waals surface area contributed by atoms with Gasteiger partial charge in [0.1, 0.15) is 5.75 Å². The minimum Gasteiger partial charge on any atom is -0.492 e. The average molecular weight is 294 g/mol. The van der Waals surface area contributed by atoms with Crippen LogP contribution in [0.4, 0.5) is 5.69 Å². The van der Waals surface area contributed by atoms with E-state index in [1.165, 1.54) is 13.0 Å². The Kier molecular flexibility index (Phi) is 6.52. The van der Waals surface area contributed by atoms with Crippen LogP contribution in [0.25, 0.3) is 0 Å². The first-order chi connectivity index (χ1) is 9.99. The Morgan fingerprint density at radius 3 is 2.62 bits per heavy atom. The third kappa shape index (κ3) is 4.98. The van der Waals surface area contributed by atoms with Gasteiger partial charge >= 0.3 is 5.97 Å². The highest BCUT2D eigenvalue weighted by molar-refractivity contribution is 5.93. The first-order valence-corrected chi connectivity index (χ1v) is 7.00. The quantitative estimate of drug-likeness (QED) is 0.590. The summed E-state index contributed by atoms with van der Waals surface area (Å²) in [6.07, 6.45) is -0.0289. The largest absolute Gasteiger partial charge is 0.492 e. The summed E-state index contributed by atoms with van der Waals surface area (Å²) in [5.74, 6) is -0.393. The number of hydrogen-bond donors (Lipinski definition) is 2. The molecule has 21 heavy (non-hydrogen) atoms. The van der Waals surface area contributed by atoms with E-state index in [0.29, 0.717) is 24.6 Å². The van der Waals surface area contributed by atoms with Gasteiger partial charge in [-0.15, -0.1) is 0 Å². The van der Waals surface area contributed by atoms with E-state index in [-0.39, 0.29) is 11.5 Å². The lowest BCUT2D eigenvalue weighted by Crippen LogP contribution is -2.36. The van der Waals surface area contributed by atoms with Crippen molar-refractivity contribution in [2.75, 3.05) is 18.9 Å². The minimum absolute atomic E-state index is 0.283. The van der Waals surface area contributed by atoms with Crippen LogP contribution in [0.1, 0.15) is 37.6 Å². The smallest absolute Gasteiger partial charge is 0.338 e. The number of carbonyl (C=O) groups excluding carboxylic acids is 2. The second-order valence-corrected chi connectivity index (χ2v) is 4.52. The van der Waals surface area contributed by atoms with Crippen LogP contribution >= 0.6 is 0 Å². The summed E-state index contributed by atoms with van der Waals surface area (Å²) in [5, 5.41) is 2.67. The fourth-order valence-electron chi connectivity index (χ4n) is 1.64. The van der Waals surface area contributed by atoms with Crippen molar-refractivity contribution in [2.24, 2.45) is 0 Å². The van der Waals surface area contributed by atoms with Crippen LogP contribution in [0, 0.1) is 0 Å². The van der Waals surface area contributed by atoms with E-state index in [9.17, 15) is 9.59 Å². The fraction of sp³-hybridized carbons (Fsp3) is 0.467. The van der Waals surface area contributed by atoms with E-state index in [1.54, 1.807) is 12.1 Å². The maximum atomic E-state index is 12.0. The Balaban J connectivity index is 2.67. The van der Waals surface area contributed by atoms with Gasteiger partial charge in [-0.2, -0.15) is 0 Å². The van der Waals surface area contributed by atoms with Crippen molar-refractivity contribution in [1.29, 1.82) is 0 Å². The topological polar surface area (TPSA) is 90.6 Å². The van der Waals surface area contributed by atoms with Gasteiger partial charge in [0.25, 0.3) is 5.91 Å². The van der Waals surface area contributed by atoms with E-state index >= 15 is 0 Å². The van der Waals surface area contributed by atoms with Crippen molar-refractivity contribution in [3.63, 3.8) is 0 Å². The first-order valence-electron chi connectivity index (χ1n) is 7.00. The molecule has 0 heterocycles. The highest BCUT2D eigenvalue weighted by atomic mass is 16.5. The highest BCUT2D eigenvalue weighted by Gasteiger charge is 2.19. The number of anilines is 1. The Bertz CT molecular complexity index is 502. The molecule has 0 saturated heterocycles. The van der Waals surface area contributed by atoms with Gasteiger partial charge in [0.05, 0.1) is 17.9 Å². The van der Waals surface area contributed by atoms with Gasteiger partial charge in [-0.05, 0) is 38.5 Å². The standard InChI is InChI=1S/C15H22N2O4/c1-4-8-17-14(18)10(3)21-15(19)11-6-7-13(20-5-2)12(16)9-11/h6-7,9-10H,4-5,8,16H2,1-3H3,(H,17,18). The van der Waals surface area contributed by atoms with Crippen molar-refractivity contribution in [2.45, 2.75) is 33.3 Å². The monoisotopic (exact) mass is 294 g/mol. The summed E-state index contributed by atoms with van der Waals surface area (Å²) in [6, 6.07) is 4.64. The molecule has 1 rings (SSSR count). The van der Waals surface area contributed by atoms with Gasteiger partial charge in [-0.3, -0.25) is 4.79 Å². The molecule has 6 nitrogen and oxygen atoms in total. The Labute approximate surface area is 124 Å². The molecule has 1 atom stereocenters. The molecule has 0 aromatic heterocycles. The predicted molar refractivity (Wildman–Crippen MR) is 80.2 cm³/mol. The van der Waals surface area contributed by atoms with Crippen LogP contribution in [0.3, 0.4) is 0 Å². The third-order valence-corrected chi connectivity index (χ3v) is 2.75. The zero-order valence-electron chi connectivity index (χ0n) is 12.6. The number of rotatable bonds is 7. The van der Waals surface area contributed by atoms with E-state index in [4.69, 9.17) is 15.2 Å². The Morgan fingerprint density at radius 1 is 1.33 bits per heavy atom. The van der Waals surface area contributed by atoms with Crippen molar-refractivity contribution in [3.8, 4) is 5.75 Å². The van der Waals surface area contributed by atoms with Gasteiger partial charge in [0.15, 0.2) is 6.10 Å². The summed E-state index contributed by atoms with van der Waals surface area (Å²) in [4.78, 5) is 23.6. The molecule has 116 valence electrons. The van der Waals surface area contributed by atoms with Gasteiger partial charge in [0.2, 0.25) is 0 Å². The van der Waals surface area contributed by atoms with Crippen molar-refractivity contribution >= 4 is 17.6 Å². The van der Waals surface area contributed by atoms with Crippen LogP contribution in [0.2, 0.25) is 0 Å². The SMILES string of the molecule is CCCNC(=O)C(C)OC(=O)c1ccc(OCC)c(N)c1. The Hall–Kier alpha value is -2.24. The van der Waals surface area contributed by atoms with Gasteiger partial charge < -0.3 is 20.5 Å². The van der Waals surface area contributed by atoms with Crippen molar-refractivity contribution in [1.82, 2.24) is 5.32 Å². The average Bonchev–Trinajstić information content (AvgIpc) is 2.46. The molecule has 0 aliphatic rings. The van der Waals surface area contributed by atoms with Gasteiger partial charge in [-0.25, -0.2) is 4.79 Å². The first kappa shape index (κ1) is 16.8. The molecule has 0 aliphatic heterocycles. The summed E-state index contributed by atoms with van der Waals surface area (Å²) >= 11 is 0. The lowest BCUT2D eigenvalue weighted by atomic mass is 10.2. The van der Waals surface area contributed by atoms with Crippen LogP contribution in [0.15, 0.2) is 18.2 Å². The number of nitrogen functional groups attached to an aromatic ring is 1. The molecule has 0 aliphatic carbocycles. The van der Waals surface area contributed by atoms with Gasteiger partial charge in [0, 0.05) is 6.54 Å². The zero-order chi connectivity index (χ0) is 15.8. The maximum absolute atomic E-state index is 12.0. The maximum Gasteiger partial charge on any atom is 0.338 e. The summed E-state index contributed by atoms with van der Waals surface area (Å²) in [6.45, 7) is 6.36. The van der Waals surface area contributed by atoms with Crippen molar-refractivity contribution in [3.05, 3.63) is 23.8 Å². The number of ether oxygens (including phenoxy) is 2. The number of hydrogen-bond acceptors (Lipinski definition) is 5. The number of nitrogens with one attached hydrogen (secondary N) is 1. The van der Waals surface area contributed by atoms with E-state index in [0.717, 1.165) is 6.42 Å². The van der Waals surface area contributed by atoms with Gasteiger partial charge in [-0.1, -0.05) is 6.92 Å². The fourth-order valence-corrected chi connectivity index (χ4v) is 1.64. The molecule has 1 unspecified atom stereocenters. The second kappa shape index (κ2) is 8.14. The highest BCUT2D eigenvalue weighted by Crippen LogP contribution is 2.23. The molecular formula is C15H22N2O4. The van der Waals surface area contributed by atoms with Crippen LogP contribution < -0.4 is 15.8 Å². The lowest BCUT2D eigenvalue weighted by Gasteiger charge is -2.14. The molecule has 1 aromatic rings. The molecule has 0 saturated carbocycles. The minimum atomic E-state index is -0.850. The lowest BCUT2D eigenvalue weighted by molar-refractivity contribution is -0.129. The van der Waals surface area contributed by atoms with E-state index in [1.807, 2.05) is 13.8 Å². The predicted octanol–water partition coefficient (Wildman–Crippen LogP) is 1.74. The number of amides is 1. The molecular weight excluding hydrogens is 272 g/mol. The molecule has 0 fully saturated rings. The third-order valence-electron chi connectivity index (χ3n) is 2.75. The van der Waals surface area contributed by atoms with Crippen LogP contribution in [-0.4, -0.2) is 31.1 Å². The molecule has 0 radical (unpaired) electrons. The number of benzene rings is 1. The summed E-state index contributed by atoms with van der Waals surface area (Å²) < 4.78 is 10.4. The van der Waals surface area contributed by atoms with E-state index in [2.05, 4.69) is 5.32 Å². The summed E-state index contributed by atoms with van der Waals surface area (Å²) in [7, 11) is 0. The molecule has 3 N–H and O–H groups in total. The second-order valence-electron chi connectivity index (χ2n) is 4.52. The van der Waals surface area contributed by atoms with Crippen LogP contribution in [0.5, 0.6) is 5.75 Å². The Morgan fingerprint density at radius 2 is 2.05 bits per heavy atom. The van der Waals surface area contributed by atoms with E-state index < -0.39 is 12.1 Å². The molecule has 1 amide bonds. The number of nitrogens with two attached hydrogens (primary N) is 1. The summed E-state index contributed by atoms with van der Waals surface area (Å²) in [5.41, 5.74) is 6.43. The molecule has 0 spiro atoms. The molecule has 1 aromatic carbocycles.